The number of carbonyl (C=O) groups is 2. The Labute approximate surface area is 171 Å². The van der Waals surface area contributed by atoms with E-state index in [1.165, 1.54) is 23.9 Å². The molecule has 0 aromatic heterocycles. The van der Waals surface area contributed by atoms with Crippen molar-refractivity contribution >= 4 is 46.6 Å². The highest BCUT2D eigenvalue weighted by Gasteiger charge is 2.31. The van der Waals surface area contributed by atoms with Gasteiger partial charge in [0.15, 0.2) is 0 Å². The Morgan fingerprint density at radius 2 is 1.86 bits per heavy atom. The maximum atomic E-state index is 13.1. The smallest absolute Gasteiger partial charge is 0.238 e. The Hall–Kier alpha value is -2.25. The summed E-state index contributed by atoms with van der Waals surface area (Å²) in [6, 6.07) is 11.7. The summed E-state index contributed by atoms with van der Waals surface area (Å²) >= 11 is 7.37. The van der Waals surface area contributed by atoms with E-state index in [1.807, 2.05) is 6.07 Å². The molecule has 2 heterocycles. The molecular formula is C20H19ClFN3O2S. The Morgan fingerprint density at radius 3 is 2.57 bits per heavy atom. The Balaban J connectivity index is 1.34. The number of benzene rings is 2. The normalized spacial score (nSPS) is 19.2. The highest BCUT2D eigenvalue weighted by atomic mass is 35.5. The summed E-state index contributed by atoms with van der Waals surface area (Å²) in [6.07, 6.45) is 0.162. The molecule has 2 aromatic carbocycles. The Morgan fingerprint density at radius 1 is 1.14 bits per heavy atom. The maximum Gasteiger partial charge on any atom is 0.238 e. The standard InChI is InChI=1S/C20H19ClFN3O2S/c21-13-1-6-17-16(11-13)23-20(27)18(28-17)12-19(26)25-9-7-24(8-10-25)15-4-2-14(22)3-5-15/h1-6,11,18H,7-10,12H2,(H,23,27)/t18-/m0/s1. The molecule has 28 heavy (non-hydrogen) atoms. The lowest BCUT2D eigenvalue weighted by molar-refractivity contribution is -0.132. The quantitative estimate of drug-likeness (QED) is 0.825. The van der Waals surface area contributed by atoms with Crippen molar-refractivity contribution in [3.05, 3.63) is 53.3 Å². The van der Waals surface area contributed by atoms with E-state index < -0.39 is 5.25 Å². The lowest BCUT2D eigenvalue weighted by atomic mass is 10.2. The molecule has 4 rings (SSSR count). The molecule has 2 aromatic rings. The minimum atomic E-state index is -0.448. The largest absolute Gasteiger partial charge is 0.368 e. The number of halogens is 2. The summed E-state index contributed by atoms with van der Waals surface area (Å²) in [4.78, 5) is 29.9. The third kappa shape index (κ3) is 4.10. The SMILES string of the molecule is O=C1Nc2cc(Cl)ccc2S[C@H]1CC(=O)N1CCN(c2ccc(F)cc2)CC1. The average molecular weight is 420 g/mol. The first-order valence-electron chi connectivity index (χ1n) is 9.05. The fraction of sp³-hybridized carbons (Fsp3) is 0.300. The highest BCUT2D eigenvalue weighted by molar-refractivity contribution is 8.01. The van der Waals surface area contributed by atoms with Crippen LogP contribution >= 0.6 is 23.4 Å². The van der Waals surface area contributed by atoms with Gasteiger partial charge in [-0.3, -0.25) is 9.59 Å². The number of hydrogen-bond donors (Lipinski definition) is 1. The van der Waals surface area contributed by atoms with Crippen LogP contribution in [-0.4, -0.2) is 48.1 Å². The third-order valence-electron chi connectivity index (χ3n) is 4.95. The van der Waals surface area contributed by atoms with Gasteiger partial charge in [-0.1, -0.05) is 11.6 Å². The van der Waals surface area contributed by atoms with Crippen LogP contribution in [0.5, 0.6) is 0 Å². The zero-order chi connectivity index (χ0) is 19.7. The fourth-order valence-electron chi connectivity index (χ4n) is 3.41. The first-order valence-corrected chi connectivity index (χ1v) is 10.3. The van der Waals surface area contributed by atoms with Crippen LogP contribution in [0.2, 0.25) is 5.02 Å². The summed E-state index contributed by atoms with van der Waals surface area (Å²) in [5.74, 6) is -0.452. The van der Waals surface area contributed by atoms with E-state index in [-0.39, 0.29) is 24.1 Å². The number of rotatable bonds is 3. The van der Waals surface area contributed by atoms with Crippen LogP contribution in [0.15, 0.2) is 47.4 Å². The van der Waals surface area contributed by atoms with E-state index >= 15 is 0 Å². The van der Waals surface area contributed by atoms with Crippen molar-refractivity contribution in [2.24, 2.45) is 0 Å². The molecular weight excluding hydrogens is 401 g/mol. The van der Waals surface area contributed by atoms with Crippen molar-refractivity contribution in [3.63, 3.8) is 0 Å². The maximum absolute atomic E-state index is 13.1. The number of nitrogens with one attached hydrogen (secondary N) is 1. The average Bonchev–Trinajstić information content (AvgIpc) is 2.69. The number of nitrogens with zero attached hydrogens (tertiary/aromatic N) is 2. The van der Waals surface area contributed by atoms with Crippen LogP contribution in [0.1, 0.15) is 6.42 Å². The van der Waals surface area contributed by atoms with Gasteiger partial charge in [0.2, 0.25) is 11.8 Å². The number of piperazine rings is 1. The van der Waals surface area contributed by atoms with E-state index in [0.717, 1.165) is 10.6 Å². The molecule has 1 N–H and O–H groups in total. The second-order valence-corrected chi connectivity index (χ2v) is 8.47. The van der Waals surface area contributed by atoms with E-state index in [2.05, 4.69) is 10.2 Å². The zero-order valence-corrected chi connectivity index (χ0v) is 16.6. The second-order valence-electron chi connectivity index (χ2n) is 6.78. The minimum Gasteiger partial charge on any atom is -0.368 e. The van der Waals surface area contributed by atoms with Gasteiger partial charge in [-0.05, 0) is 42.5 Å². The summed E-state index contributed by atoms with van der Waals surface area (Å²) in [5, 5.41) is 2.95. The van der Waals surface area contributed by atoms with Crippen LogP contribution in [-0.2, 0) is 9.59 Å². The van der Waals surface area contributed by atoms with Gasteiger partial charge in [-0.15, -0.1) is 11.8 Å². The van der Waals surface area contributed by atoms with Gasteiger partial charge in [0.05, 0.1) is 10.9 Å². The lowest BCUT2D eigenvalue weighted by Gasteiger charge is -2.36. The number of carbonyl (C=O) groups excluding carboxylic acids is 2. The number of thioether (sulfide) groups is 1. The molecule has 2 aliphatic heterocycles. The molecule has 0 aliphatic carbocycles. The van der Waals surface area contributed by atoms with Gasteiger partial charge in [0.25, 0.3) is 0 Å². The molecule has 146 valence electrons. The van der Waals surface area contributed by atoms with Crippen molar-refractivity contribution in [1.29, 1.82) is 0 Å². The predicted molar refractivity (Wildman–Crippen MR) is 110 cm³/mol. The van der Waals surface area contributed by atoms with Crippen molar-refractivity contribution in [3.8, 4) is 0 Å². The topological polar surface area (TPSA) is 52.7 Å². The van der Waals surface area contributed by atoms with Crippen molar-refractivity contribution in [2.75, 3.05) is 36.4 Å². The third-order valence-corrected chi connectivity index (χ3v) is 6.46. The second kappa shape index (κ2) is 8.01. The molecule has 2 amide bonds. The summed E-state index contributed by atoms with van der Waals surface area (Å²) in [6.45, 7) is 2.54. The van der Waals surface area contributed by atoms with E-state index in [4.69, 9.17) is 11.6 Å². The molecule has 8 heteroatoms. The van der Waals surface area contributed by atoms with Crippen molar-refractivity contribution in [2.45, 2.75) is 16.6 Å². The Kier molecular flexibility index (Phi) is 5.46. The number of amides is 2. The summed E-state index contributed by atoms with van der Waals surface area (Å²) < 4.78 is 13.1. The number of fused-ring (bicyclic) bond motifs is 1. The first kappa shape index (κ1) is 19.1. The van der Waals surface area contributed by atoms with E-state index in [1.54, 1.807) is 29.2 Å². The monoisotopic (exact) mass is 419 g/mol. The van der Waals surface area contributed by atoms with Crippen LogP contribution in [0, 0.1) is 5.82 Å². The van der Waals surface area contributed by atoms with Gasteiger partial charge < -0.3 is 15.1 Å². The number of anilines is 2. The molecule has 0 radical (unpaired) electrons. The van der Waals surface area contributed by atoms with Crippen LogP contribution in [0.25, 0.3) is 0 Å². The molecule has 0 unspecified atom stereocenters. The summed E-state index contributed by atoms with van der Waals surface area (Å²) in [7, 11) is 0. The summed E-state index contributed by atoms with van der Waals surface area (Å²) in [5.41, 5.74) is 1.64. The van der Waals surface area contributed by atoms with Gasteiger partial charge >= 0.3 is 0 Å². The van der Waals surface area contributed by atoms with Gasteiger partial charge in [-0.2, -0.15) is 0 Å². The van der Waals surface area contributed by atoms with Gasteiger partial charge in [-0.25, -0.2) is 4.39 Å². The van der Waals surface area contributed by atoms with Crippen LogP contribution < -0.4 is 10.2 Å². The predicted octanol–water partition coefficient (Wildman–Crippen LogP) is 3.63. The van der Waals surface area contributed by atoms with Crippen molar-refractivity contribution in [1.82, 2.24) is 4.90 Å². The van der Waals surface area contributed by atoms with Crippen LogP contribution in [0.4, 0.5) is 15.8 Å². The highest BCUT2D eigenvalue weighted by Crippen LogP contribution is 2.38. The molecule has 2 aliphatic rings. The van der Waals surface area contributed by atoms with Crippen molar-refractivity contribution < 1.29 is 14.0 Å². The van der Waals surface area contributed by atoms with Crippen LogP contribution in [0.3, 0.4) is 0 Å². The van der Waals surface area contributed by atoms with E-state index in [9.17, 15) is 14.0 Å². The van der Waals surface area contributed by atoms with Gasteiger partial charge in [0, 0.05) is 48.2 Å². The Bertz CT molecular complexity index is 901. The zero-order valence-electron chi connectivity index (χ0n) is 15.0. The molecule has 5 nitrogen and oxygen atoms in total. The molecule has 0 spiro atoms. The molecule has 1 atom stereocenters. The molecule has 1 fully saturated rings. The first-order chi connectivity index (χ1) is 13.5. The molecule has 0 saturated carbocycles. The molecule has 0 bridgehead atoms. The minimum absolute atomic E-state index is 0.0242. The fourth-order valence-corrected chi connectivity index (χ4v) is 4.66. The van der Waals surface area contributed by atoms with E-state index in [0.29, 0.717) is 36.9 Å². The number of hydrogen-bond acceptors (Lipinski definition) is 4. The van der Waals surface area contributed by atoms with Gasteiger partial charge in [0.1, 0.15) is 5.82 Å². The molecule has 1 saturated heterocycles. The lowest BCUT2D eigenvalue weighted by Crippen LogP contribution is -2.49.